The molecule has 1 fully saturated rings. The van der Waals surface area contributed by atoms with Gasteiger partial charge in [-0.2, -0.15) is 4.98 Å². The van der Waals surface area contributed by atoms with Crippen molar-refractivity contribution in [1.82, 2.24) is 15.0 Å². The molecule has 128 valence electrons. The van der Waals surface area contributed by atoms with Gasteiger partial charge < -0.3 is 14.2 Å². The molecule has 6 heteroatoms. The highest BCUT2D eigenvalue weighted by Gasteiger charge is 2.18. The fourth-order valence-electron chi connectivity index (χ4n) is 2.85. The lowest BCUT2D eigenvalue weighted by Gasteiger charge is -2.20. The van der Waals surface area contributed by atoms with Gasteiger partial charge >= 0.3 is 0 Å². The molecular weight excluding hydrogens is 306 g/mol. The molecule has 0 bridgehead atoms. The van der Waals surface area contributed by atoms with Crippen LogP contribution in [0.15, 0.2) is 34.9 Å². The molecule has 0 N–H and O–H groups in total. The molecule has 6 nitrogen and oxygen atoms in total. The highest BCUT2D eigenvalue weighted by atomic mass is 16.5. The van der Waals surface area contributed by atoms with Crippen molar-refractivity contribution in [3.05, 3.63) is 36.2 Å². The standard InChI is InChI=1S/C18H23N3O3/c1-14-6-5-10-21(11-9-14)17(22)13-23-12-16-19-18(20-24-16)15-7-3-2-4-8-15/h2-4,7-8,14H,5-6,9-13H2,1H3/t14-/m0/s1. The number of aromatic nitrogens is 2. The van der Waals surface area contributed by atoms with Crippen molar-refractivity contribution in [2.75, 3.05) is 19.7 Å². The van der Waals surface area contributed by atoms with Gasteiger partial charge in [-0.15, -0.1) is 0 Å². The summed E-state index contributed by atoms with van der Waals surface area (Å²) in [6.07, 6.45) is 3.32. The van der Waals surface area contributed by atoms with Gasteiger partial charge in [0.25, 0.3) is 5.89 Å². The zero-order chi connectivity index (χ0) is 16.8. The molecule has 1 aliphatic rings. The fourth-order valence-corrected chi connectivity index (χ4v) is 2.85. The summed E-state index contributed by atoms with van der Waals surface area (Å²) in [5, 5.41) is 3.93. The van der Waals surface area contributed by atoms with E-state index in [1.54, 1.807) is 0 Å². The predicted octanol–water partition coefficient (Wildman–Crippen LogP) is 2.90. The molecule has 1 atom stereocenters. The van der Waals surface area contributed by atoms with Crippen molar-refractivity contribution in [2.45, 2.75) is 32.8 Å². The van der Waals surface area contributed by atoms with Crippen molar-refractivity contribution in [3.8, 4) is 11.4 Å². The molecule has 2 aromatic rings. The van der Waals surface area contributed by atoms with Gasteiger partial charge in [0, 0.05) is 18.7 Å². The summed E-state index contributed by atoms with van der Waals surface area (Å²) in [6.45, 7) is 4.09. The molecule has 1 saturated heterocycles. The number of carbonyl (C=O) groups is 1. The van der Waals surface area contributed by atoms with Gasteiger partial charge in [-0.3, -0.25) is 4.79 Å². The van der Waals surface area contributed by atoms with Crippen LogP contribution < -0.4 is 0 Å². The Balaban J connectivity index is 1.46. The van der Waals surface area contributed by atoms with Crippen LogP contribution >= 0.6 is 0 Å². The van der Waals surface area contributed by atoms with Crippen molar-refractivity contribution < 1.29 is 14.1 Å². The first kappa shape index (κ1) is 16.6. The summed E-state index contributed by atoms with van der Waals surface area (Å²) >= 11 is 0. The molecule has 0 spiro atoms. The Morgan fingerprint density at radius 1 is 1.29 bits per heavy atom. The van der Waals surface area contributed by atoms with Gasteiger partial charge in [0.15, 0.2) is 0 Å². The SMILES string of the molecule is C[C@H]1CCCN(C(=O)COCc2nc(-c3ccccc3)no2)CC1. The minimum atomic E-state index is 0.0342. The molecular formula is C18H23N3O3. The zero-order valence-corrected chi connectivity index (χ0v) is 14.0. The Morgan fingerprint density at radius 3 is 2.96 bits per heavy atom. The second-order valence-corrected chi connectivity index (χ2v) is 6.29. The molecule has 0 radical (unpaired) electrons. The van der Waals surface area contributed by atoms with Crippen LogP contribution in [0.3, 0.4) is 0 Å². The Kier molecular flexibility index (Phi) is 5.59. The van der Waals surface area contributed by atoms with E-state index in [0.29, 0.717) is 17.6 Å². The zero-order valence-electron chi connectivity index (χ0n) is 14.0. The smallest absolute Gasteiger partial charge is 0.252 e. The normalized spacial score (nSPS) is 18.4. The number of amides is 1. The topological polar surface area (TPSA) is 68.5 Å². The number of benzene rings is 1. The number of hydrogen-bond acceptors (Lipinski definition) is 5. The van der Waals surface area contributed by atoms with Gasteiger partial charge in [-0.1, -0.05) is 42.4 Å². The molecule has 1 amide bonds. The summed E-state index contributed by atoms with van der Waals surface area (Å²) in [4.78, 5) is 18.4. The number of ether oxygens (including phenoxy) is 1. The quantitative estimate of drug-likeness (QED) is 0.843. The maximum Gasteiger partial charge on any atom is 0.252 e. The van der Waals surface area contributed by atoms with E-state index in [9.17, 15) is 4.79 Å². The van der Waals surface area contributed by atoms with Crippen molar-refractivity contribution in [2.24, 2.45) is 5.92 Å². The fraction of sp³-hybridized carbons (Fsp3) is 0.500. The molecule has 2 heterocycles. The largest absolute Gasteiger partial charge is 0.362 e. The van der Waals surface area contributed by atoms with E-state index < -0.39 is 0 Å². The average Bonchev–Trinajstić information content (AvgIpc) is 2.96. The van der Waals surface area contributed by atoms with Crippen LogP contribution in [0.4, 0.5) is 0 Å². The van der Waals surface area contributed by atoms with Gasteiger partial charge in [0.05, 0.1) is 0 Å². The van der Waals surface area contributed by atoms with Crippen molar-refractivity contribution in [1.29, 1.82) is 0 Å². The number of rotatable bonds is 5. The van der Waals surface area contributed by atoms with Gasteiger partial charge in [0.1, 0.15) is 13.2 Å². The highest BCUT2D eigenvalue weighted by Crippen LogP contribution is 2.17. The van der Waals surface area contributed by atoms with Crippen LogP contribution in [-0.4, -0.2) is 40.6 Å². The number of likely N-dealkylation sites (tertiary alicyclic amines) is 1. The second-order valence-electron chi connectivity index (χ2n) is 6.29. The molecule has 0 unspecified atom stereocenters. The van der Waals surface area contributed by atoms with E-state index in [0.717, 1.165) is 31.5 Å². The molecule has 1 aliphatic heterocycles. The summed E-state index contributed by atoms with van der Waals surface area (Å²) in [5.74, 6) is 1.64. The summed E-state index contributed by atoms with van der Waals surface area (Å²) in [7, 11) is 0. The molecule has 24 heavy (non-hydrogen) atoms. The maximum atomic E-state index is 12.2. The first-order chi connectivity index (χ1) is 11.7. The molecule has 1 aromatic carbocycles. The van der Waals surface area contributed by atoms with Gasteiger partial charge in [0.2, 0.25) is 11.7 Å². The average molecular weight is 329 g/mol. The Morgan fingerprint density at radius 2 is 2.12 bits per heavy atom. The minimum absolute atomic E-state index is 0.0342. The third kappa shape index (κ3) is 4.41. The van der Waals surface area contributed by atoms with E-state index in [-0.39, 0.29) is 19.1 Å². The molecule has 0 aliphatic carbocycles. The highest BCUT2D eigenvalue weighted by molar-refractivity contribution is 5.77. The van der Waals surface area contributed by atoms with E-state index in [1.165, 1.54) is 6.42 Å². The summed E-state index contributed by atoms with van der Waals surface area (Å²) in [6, 6.07) is 9.60. The monoisotopic (exact) mass is 329 g/mol. The maximum absolute atomic E-state index is 12.2. The van der Waals surface area contributed by atoms with Crippen LogP contribution in [0.1, 0.15) is 32.1 Å². The van der Waals surface area contributed by atoms with Crippen LogP contribution in [0.2, 0.25) is 0 Å². The lowest BCUT2D eigenvalue weighted by Crippen LogP contribution is -2.34. The lowest BCUT2D eigenvalue weighted by atomic mass is 10.0. The third-order valence-electron chi connectivity index (χ3n) is 4.32. The Labute approximate surface area is 141 Å². The summed E-state index contributed by atoms with van der Waals surface area (Å²) in [5.41, 5.74) is 0.891. The summed E-state index contributed by atoms with van der Waals surface area (Å²) < 4.78 is 10.6. The minimum Gasteiger partial charge on any atom is -0.362 e. The molecule has 0 saturated carbocycles. The molecule has 3 rings (SSSR count). The first-order valence-electron chi connectivity index (χ1n) is 8.46. The van der Waals surface area contributed by atoms with Crippen LogP contribution in [-0.2, 0) is 16.1 Å². The number of carbonyl (C=O) groups excluding carboxylic acids is 1. The number of nitrogens with zero attached hydrogens (tertiary/aromatic N) is 3. The van der Waals surface area contributed by atoms with Crippen molar-refractivity contribution >= 4 is 5.91 Å². The van der Waals surface area contributed by atoms with Gasteiger partial charge in [-0.25, -0.2) is 0 Å². The van der Waals surface area contributed by atoms with E-state index in [2.05, 4.69) is 17.1 Å². The third-order valence-corrected chi connectivity index (χ3v) is 4.32. The second kappa shape index (κ2) is 8.06. The van der Waals surface area contributed by atoms with E-state index in [1.807, 2.05) is 35.2 Å². The Bertz CT molecular complexity index is 657. The Hall–Kier alpha value is -2.21. The van der Waals surface area contributed by atoms with Gasteiger partial charge in [-0.05, 0) is 25.2 Å². The number of hydrogen-bond donors (Lipinski definition) is 0. The van der Waals surface area contributed by atoms with E-state index in [4.69, 9.17) is 9.26 Å². The van der Waals surface area contributed by atoms with Crippen LogP contribution in [0.5, 0.6) is 0 Å². The van der Waals surface area contributed by atoms with Crippen molar-refractivity contribution in [3.63, 3.8) is 0 Å². The lowest BCUT2D eigenvalue weighted by molar-refractivity contribution is -0.136. The predicted molar refractivity (Wildman–Crippen MR) is 89.0 cm³/mol. The van der Waals surface area contributed by atoms with Crippen LogP contribution in [0.25, 0.3) is 11.4 Å². The first-order valence-corrected chi connectivity index (χ1v) is 8.46. The molecule has 1 aromatic heterocycles. The van der Waals surface area contributed by atoms with Crippen LogP contribution in [0, 0.1) is 5.92 Å². The van der Waals surface area contributed by atoms with E-state index >= 15 is 0 Å².